The lowest BCUT2D eigenvalue weighted by atomic mass is 9.85. The molecule has 0 aliphatic carbocycles. The average Bonchev–Trinajstić information content (AvgIpc) is 2.43. The van der Waals surface area contributed by atoms with E-state index in [0.29, 0.717) is 13.0 Å². The molecule has 2 rings (SSSR count). The maximum atomic E-state index is 12.1. The molecule has 1 aromatic rings. The predicted octanol–water partition coefficient (Wildman–Crippen LogP) is 3.57. The normalized spacial score (nSPS) is 21.1. The van der Waals surface area contributed by atoms with Crippen LogP contribution in [0.25, 0.3) is 0 Å². The molecule has 0 fully saturated rings. The van der Waals surface area contributed by atoms with Crippen LogP contribution in [0.15, 0.2) is 0 Å². The van der Waals surface area contributed by atoms with Gasteiger partial charge in [0.2, 0.25) is 5.60 Å². The first-order valence-corrected chi connectivity index (χ1v) is 7.27. The van der Waals surface area contributed by atoms with E-state index in [4.69, 9.17) is 9.47 Å². The lowest BCUT2D eigenvalue weighted by Gasteiger charge is -2.36. The molecule has 0 saturated heterocycles. The summed E-state index contributed by atoms with van der Waals surface area (Å²) in [6.45, 7) is 12.5. The molecule has 1 aliphatic rings. The summed E-state index contributed by atoms with van der Waals surface area (Å²) in [6.07, 6.45) is 1.53. The van der Waals surface area contributed by atoms with Gasteiger partial charge in [0.05, 0.1) is 6.61 Å². The number of carbonyl (C=O) groups excluding carboxylic acids is 1. The highest BCUT2D eigenvalue weighted by molar-refractivity contribution is 5.80. The van der Waals surface area contributed by atoms with Crippen molar-refractivity contribution in [1.29, 1.82) is 0 Å². The second-order valence-electron chi connectivity index (χ2n) is 5.86. The van der Waals surface area contributed by atoms with Crippen LogP contribution in [0, 0.1) is 27.7 Å². The van der Waals surface area contributed by atoms with Crippen LogP contribution < -0.4 is 4.74 Å². The number of benzene rings is 1. The van der Waals surface area contributed by atoms with Crippen LogP contribution in [0.2, 0.25) is 0 Å². The summed E-state index contributed by atoms with van der Waals surface area (Å²) in [6, 6.07) is 0. The van der Waals surface area contributed by atoms with Crippen molar-refractivity contribution in [3.05, 3.63) is 27.8 Å². The molecule has 0 bridgehead atoms. The van der Waals surface area contributed by atoms with Crippen molar-refractivity contribution in [2.75, 3.05) is 6.61 Å². The van der Waals surface area contributed by atoms with E-state index in [9.17, 15) is 4.79 Å². The van der Waals surface area contributed by atoms with Crippen molar-refractivity contribution in [1.82, 2.24) is 0 Å². The highest BCUT2D eigenvalue weighted by Gasteiger charge is 2.41. The van der Waals surface area contributed by atoms with Crippen LogP contribution in [0.3, 0.4) is 0 Å². The van der Waals surface area contributed by atoms with Crippen molar-refractivity contribution in [2.24, 2.45) is 0 Å². The maximum Gasteiger partial charge on any atom is 0.350 e. The Morgan fingerprint density at radius 1 is 1.15 bits per heavy atom. The van der Waals surface area contributed by atoms with Gasteiger partial charge in [-0.2, -0.15) is 0 Å². The fourth-order valence-corrected chi connectivity index (χ4v) is 2.86. The third kappa shape index (κ3) is 2.19. The van der Waals surface area contributed by atoms with Gasteiger partial charge in [0.15, 0.2) is 0 Å². The van der Waals surface area contributed by atoms with E-state index in [1.54, 1.807) is 0 Å². The largest absolute Gasteiger partial charge is 0.475 e. The van der Waals surface area contributed by atoms with Crippen LogP contribution in [-0.4, -0.2) is 18.2 Å². The third-order valence-corrected chi connectivity index (χ3v) is 4.64. The quantitative estimate of drug-likeness (QED) is 0.775. The summed E-state index contributed by atoms with van der Waals surface area (Å²) >= 11 is 0. The van der Waals surface area contributed by atoms with Gasteiger partial charge in [-0.3, -0.25) is 0 Å². The second-order valence-corrected chi connectivity index (χ2v) is 5.86. The molecule has 20 heavy (non-hydrogen) atoms. The predicted molar refractivity (Wildman–Crippen MR) is 79.4 cm³/mol. The summed E-state index contributed by atoms with van der Waals surface area (Å²) in [7, 11) is 0. The van der Waals surface area contributed by atoms with Crippen molar-refractivity contribution >= 4 is 5.97 Å². The van der Waals surface area contributed by atoms with Gasteiger partial charge < -0.3 is 9.47 Å². The summed E-state index contributed by atoms with van der Waals surface area (Å²) in [5.41, 5.74) is 5.38. The SMILES string of the molecule is CCOC(=O)C1(C)CCc2c(C)c(C)c(C)c(C)c2O1. The topological polar surface area (TPSA) is 35.5 Å². The van der Waals surface area contributed by atoms with E-state index in [2.05, 4.69) is 27.7 Å². The maximum absolute atomic E-state index is 12.1. The molecule has 0 N–H and O–H groups in total. The number of carbonyl (C=O) groups is 1. The number of hydrogen-bond donors (Lipinski definition) is 0. The summed E-state index contributed by atoms with van der Waals surface area (Å²) in [5.74, 6) is 0.619. The van der Waals surface area contributed by atoms with E-state index in [-0.39, 0.29) is 5.97 Å². The summed E-state index contributed by atoms with van der Waals surface area (Å²) in [5, 5.41) is 0. The lowest BCUT2D eigenvalue weighted by Crippen LogP contribution is -2.46. The molecular weight excluding hydrogens is 252 g/mol. The Balaban J connectivity index is 2.47. The van der Waals surface area contributed by atoms with Gasteiger partial charge in [-0.25, -0.2) is 4.79 Å². The molecule has 0 radical (unpaired) electrons. The van der Waals surface area contributed by atoms with E-state index >= 15 is 0 Å². The zero-order chi connectivity index (χ0) is 15.1. The van der Waals surface area contributed by atoms with Crippen molar-refractivity contribution < 1.29 is 14.3 Å². The number of rotatable bonds is 2. The smallest absolute Gasteiger partial charge is 0.350 e. The van der Waals surface area contributed by atoms with Crippen molar-refractivity contribution in [3.8, 4) is 5.75 Å². The van der Waals surface area contributed by atoms with Crippen LogP contribution in [-0.2, 0) is 16.0 Å². The van der Waals surface area contributed by atoms with Gasteiger partial charge in [0, 0.05) is 6.42 Å². The zero-order valence-electron chi connectivity index (χ0n) is 13.3. The Morgan fingerprint density at radius 2 is 1.75 bits per heavy atom. The van der Waals surface area contributed by atoms with Crippen molar-refractivity contribution in [2.45, 2.75) is 60.0 Å². The lowest BCUT2D eigenvalue weighted by molar-refractivity contribution is -0.161. The highest BCUT2D eigenvalue weighted by atomic mass is 16.6. The molecule has 1 atom stereocenters. The minimum Gasteiger partial charge on any atom is -0.475 e. The van der Waals surface area contributed by atoms with E-state index in [1.807, 2.05) is 13.8 Å². The van der Waals surface area contributed by atoms with Gasteiger partial charge in [-0.05, 0) is 75.8 Å². The number of esters is 1. The molecule has 0 saturated carbocycles. The molecular formula is C17H24O3. The Labute approximate surface area is 121 Å². The molecule has 3 heteroatoms. The summed E-state index contributed by atoms with van der Waals surface area (Å²) < 4.78 is 11.3. The molecule has 1 aliphatic heterocycles. The van der Waals surface area contributed by atoms with Crippen LogP contribution in [0.1, 0.15) is 48.1 Å². The second kappa shape index (κ2) is 5.12. The fraction of sp³-hybridized carbons (Fsp3) is 0.588. The number of hydrogen-bond acceptors (Lipinski definition) is 3. The Kier molecular flexibility index (Phi) is 3.81. The zero-order valence-corrected chi connectivity index (χ0v) is 13.3. The molecule has 1 heterocycles. The van der Waals surface area contributed by atoms with E-state index in [0.717, 1.165) is 17.7 Å². The monoisotopic (exact) mass is 276 g/mol. The van der Waals surface area contributed by atoms with Gasteiger partial charge in [-0.1, -0.05) is 0 Å². The highest BCUT2D eigenvalue weighted by Crippen LogP contribution is 2.41. The molecule has 110 valence electrons. The molecule has 1 unspecified atom stereocenters. The van der Waals surface area contributed by atoms with Gasteiger partial charge in [-0.15, -0.1) is 0 Å². The minimum absolute atomic E-state index is 0.263. The Morgan fingerprint density at radius 3 is 2.35 bits per heavy atom. The first-order valence-electron chi connectivity index (χ1n) is 7.27. The number of ether oxygens (including phenoxy) is 2. The van der Waals surface area contributed by atoms with Crippen LogP contribution in [0.4, 0.5) is 0 Å². The van der Waals surface area contributed by atoms with Gasteiger partial charge in [0.25, 0.3) is 0 Å². The van der Waals surface area contributed by atoms with Gasteiger partial charge >= 0.3 is 5.97 Å². The van der Waals surface area contributed by atoms with E-state index < -0.39 is 5.60 Å². The first-order chi connectivity index (χ1) is 9.31. The average molecular weight is 276 g/mol. The van der Waals surface area contributed by atoms with Crippen LogP contribution >= 0.6 is 0 Å². The standard InChI is InChI=1S/C17H24O3/c1-7-19-16(18)17(6)9-8-14-12(4)10(2)11(3)13(5)15(14)20-17/h7-9H2,1-6H3. The first kappa shape index (κ1) is 14.9. The third-order valence-electron chi connectivity index (χ3n) is 4.64. The Hall–Kier alpha value is -1.51. The molecule has 0 amide bonds. The Bertz CT molecular complexity index is 560. The minimum atomic E-state index is -0.859. The molecule has 0 spiro atoms. The van der Waals surface area contributed by atoms with Crippen molar-refractivity contribution in [3.63, 3.8) is 0 Å². The van der Waals surface area contributed by atoms with E-state index in [1.165, 1.54) is 22.3 Å². The fourth-order valence-electron chi connectivity index (χ4n) is 2.86. The molecule has 1 aromatic carbocycles. The van der Waals surface area contributed by atoms with Gasteiger partial charge in [0.1, 0.15) is 5.75 Å². The molecule has 0 aromatic heterocycles. The molecule has 3 nitrogen and oxygen atoms in total. The number of fused-ring (bicyclic) bond motifs is 1. The summed E-state index contributed by atoms with van der Waals surface area (Å²) in [4.78, 5) is 12.1. The van der Waals surface area contributed by atoms with Crippen LogP contribution in [0.5, 0.6) is 5.75 Å².